The number of nitrogens with one attached hydrogen (secondary N) is 1. The fourth-order valence-corrected chi connectivity index (χ4v) is 9.03. The van der Waals surface area contributed by atoms with E-state index in [9.17, 15) is 24.3 Å². The fraction of sp³-hybridized carbons (Fsp3) is 0.641. The Morgan fingerprint density at radius 1 is 1.20 bits per heavy atom. The van der Waals surface area contributed by atoms with Crippen molar-refractivity contribution in [3.8, 4) is 0 Å². The number of carbonyl (C=O) groups excluding carboxylic acids is 4. The summed E-state index contributed by atoms with van der Waals surface area (Å²) >= 11 is 3.75. The van der Waals surface area contributed by atoms with E-state index in [2.05, 4.69) is 41.3 Å². The molecule has 3 saturated heterocycles. The standard InChI is InChI=1S/C39H56BrN3O8/c1-7-11-16-21-42(20-9-3)37(47)35-39-22-27(40)34(51-39)31(32(39)36(46)43(35)29(23-44)25(5)10-4)38(48)50-33(26-17-14-13-15-18-26)28(24-49-6)41-30(45)19-12-8-2/h8-9,13-15,17-18,25,27-29,31-35,44H,2-3,7,10-12,16,19-24H2,1,4-6H3,(H,41,45)/t25-,27?,28-,29-,31+,32-,33-,34+,35+,39-/m0/s1. The van der Waals surface area contributed by atoms with Crippen LogP contribution in [0.25, 0.3) is 0 Å². The molecular weight excluding hydrogens is 718 g/mol. The normalized spacial score (nSPS) is 27.3. The first kappa shape index (κ1) is 40.7. The quantitative estimate of drug-likeness (QED) is 0.0794. The summed E-state index contributed by atoms with van der Waals surface area (Å²) < 4.78 is 18.6. The van der Waals surface area contributed by atoms with Crippen LogP contribution < -0.4 is 5.32 Å². The molecule has 1 unspecified atom stereocenters. The van der Waals surface area contributed by atoms with Gasteiger partial charge in [0.2, 0.25) is 17.7 Å². The number of amides is 3. The van der Waals surface area contributed by atoms with Gasteiger partial charge in [-0.05, 0) is 30.7 Å². The van der Waals surface area contributed by atoms with E-state index in [1.165, 1.54) is 12.0 Å². The number of halogens is 1. The van der Waals surface area contributed by atoms with E-state index in [1.54, 1.807) is 17.1 Å². The van der Waals surface area contributed by atoms with Crippen LogP contribution in [0.5, 0.6) is 0 Å². The van der Waals surface area contributed by atoms with Crippen LogP contribution in [-0.2, 0) is 33.4 Å². The molecule has 0 aromatic heterocycles. The number of allylic oxidation sites excluding steroid dienone is 1. The maximum absolute atomic E-state index is 14.8. The van der Waals surface area contributed by atoms with Gasteiger partial charge in [0.05, 0.1) is 43.2 Å². The van der Waals surface area contributed by atoms with E-state index in [1.807, 2.05) is 44.2 Å². The number of methoxy groups -OCH3 is 1. The first-order chi connectivity index (χ1) is 24.5. The number of benzene rings is 1. The van der Waals surface area contributed by atoms with Gasteiger partial charge in [-0.1, -0.05) is 98.4 Å². The predicted octanol–water partition coefficient (Wildman–Crippen LogP) is 4.73. The summed E-state index contributed by atoms with van der Waals surface area (Å²) in [5, 5.41) is 13.7. The van der Waals surface area contributed by atoms with Gasteiger partial charge in [-0.2, -0.15) is 0 Å². The summed E-state index contributed by atoms with van der Waals surface area (Å²) in [5.41, 5.74) is -0.683. The van der Waals surface area contributed by atoms with Gasteiger partial charge < -0.3 is 34.4 Å². The summed E-state index contributed by atoms with van der Waals surface area (Å²) in [6, 6.07) is 6.64. The molecule has 3 aliphatic heterocycles. The second kappa shape index (κ2) is 18.6. The molecular formula is C39H56BrN3O8. The Kier molecular flexibility index (Phi) is 14.9. The number of rotatable bonds is 21. The summed E-state index contributed by atoms with van der Waals surface area (Å²) in [5.74, 6) is -3.79. The molecule has 3 heterocycles. The SMILES string of the molecule is C=CCCC(=O)N[C@@H](COC)[C@@H](OC(=O)[C@H]1[C@@H]2O[C@@]3(CC2Br)[C@@H]1C(=O)N([C@@H](CO)[C@@H](C)CC)[C@@H]3C(=O)N(CC=C)CCCCC)c1ccccc1. The number of likely N-dealkylation sites (tertiary alicyclic amines) is 1. The van der Waals surface area contributed by atoms with Crippen LogP contribution in [0.2, 0.25) is 0 Å². The molecule has 3 fully saturated rings. The molecule has 0 aliphatic carbocycles. The van der Waals surface area contributed by atoms with Crippen LogP contribution in [0, 0.1) is 17.8 Å². The first-order valence-corrected chi connectivity index (χ1v) is 19.3. The molecule has 2 bridgehead atoms. The van der Waals surface area contributed by atoms with Crippen molar-refractivity contribution in [1.29, 1.82) is 0 Å². The van der Waals surface area contributed by atoms with Crippen molar-refractivity contribution >= 4 is 39.6 Å². The third-order valence-electron chi connectivity index (χ3n) is 10.8. The van der Waals surface area contributed by atoms with Gasteiger partial charge in [0, 0.05) is 31.4 Å². The highest BCUT2D eigenvalue weighted by atomic mass is 79.9. The Hall–Kier alpha value is -3.06. The molecule has 0 saturated carbocycles. The van der Waals surface area contributed by atoms with Crippen LogP contribution in [0.4, 0.5) is 0 Å². The van der Waals surface area contributed by atoms with Crippen molar-refractivity contribution < 1.29 is 38.5 Å². The summed E-state index contributed by atoms with van der Waals surface area (Å²) in [6.07, 6.45) is 6.01. The topological polar surface area (TPSA) is 135 Å². The van der Waals surface area contributed by atoms with Crippen molar-refractivity contribution in [2.75, 3.05) is 33.4 Å². The Morgan fingerprint density at radius 2 is 1.92 bits per heavy atom. The molecule has 11 nitrogen and oxygen atoms in total. The molecule has 51 heavy (non-hydrogen) atoms. The lowest BCUT2D eigenvalue weighted by Crippen LogP contribution is -2.60. The number of ether oxygens (including phenoxy) is 3. The van der Waals surface area contributed by atoms with Crippen LogP contribution in [0.3, 0.4) is 0 Å². The molecule has 10 atom stereocenters. The zero-order valence-corrected chi connectivity index (χ0v) is 32.1. The Labute approximate surface area is 311 Å². The largest absolute Gasteiger partial charge is 0.455 e. The highest BCUT2D eigenvalue weighted by Gasteiger charge is 2.77. The Morgan fingerprint density at radius 3 is 2.53 bits per heavy atom. The number of alkyl halides is 1. The third kappa shape index (κ3) is 8.45. The second-order valence-corrected chi connectivity index (χ2v) is 15.2. The minimum absolute atomic E-state index is 0.0548. The lowest BCUT2D eigenvalue weighted by Gasteiger charge is -2.41. The summed E-state index contributed by atoms with van der Waals surface area (Å²) in [4.78, 5) is 60.0. The number of hydrogen-bond donors (Lipinski definition) is 2. The molecule has 1 aromatic rings. The van der Waals surface area contributed by atoms with Crippen molar-refractivity contribution in [2.45, 2.75) is 106 Å². The lowest BCUT2D eigenvalue weighted by molar-refractivity contribution is -0.163. The number of aliphatic hydroxyl groups excluding tert-OH is 1. The number of aliphatic hydroxyl groups is 1. The molecule has 0 radical (unpaired) electrons. The number of fused-ring (bicyclic) bond motifs is 1. The van der Waals surface area contributed by atoms with Gasteiger partial charge in [-0.25, -0.2) is 0 Å². The van der Waals surface area contributed by atoms with E-state index in [4.69, 9.17) is 14.2 Å². The first-order valence-electron chi connectivity index (χ1n) is 18.3. The van der Waals surface area contributed by atoms with Crippen LogP contribution in [0.1, 0.15) is 77.4 Å². The highest BCUT2D eigenvalue weighted by Crippen LogP contribution is 2.61. The van der Waals surface area contributed by atoms with E-state index in [0.29, 0.717) is 37.9 Å². The molecule has 12 heteroatoms. The molecule has 1 spiro atoms. The smallest absolute Gasteiger partial charge is 0.313 e. The van der Waals surface area contributed by atoms with Crippen molar-refractivity contribution in [2.24, 2.45) is 17.8 Å². The fourth-order valence-electron chi connectivity index (χ4n) is 8.09. The van der Waals surface area contributed by atoms with Gasteiger partial charge >= 0.3 is 5.97 Å². The minimum atomic E-state index is -1.32. The van der Waals surface area contributed by atoms with Crippen LogP contribution in [0.15, 0.2) is 55.6 Å². The lowest BCUT2D eigenvalue weighted by atomic mass is 9.70. The average molecular weight is 775 g/mol. The number of hydrogen-bond acceptors (Lipinski definition) is 8. The molecule has 3 amide bonds. The minimum Gasteiger partial charge on any atom is -0.455 e. The van der Waals surface area contributed by atoms with Crippen LogP contribution >= 0.6 is 15.9 Å². The van der Waals surface area contributed by atoms with Crippen LogP contribution in [-0.4, -0.2) is 107 Å². The monoisotopic (exact) mass is 773 g/mol. The van der Waals surface area contributed by atoms with E-state index in [-0.39, 0.29) is 42.2 Å². The number of esters is 1. The van der Waals surface area contributed by atoms with E-state index < -0.39 is 59.6 Å². The van der Waals surface area contributed by atoms with Crippen molar-refractivity contribution in [1.82, 2.24) is 15.1 Å². The maximum Gasteiger partial charge on any atom is 0.313 e. The number of unbranched alkanes of at least 4 members (excludes halogenated alkanes) is 2. The Bertz CT molecular complexity index is 1380. The average Bonchev–Trinajstić information content (AvgIpc) is 3.72. The van der Waals surface area contributed by atoms with Crippen molar-refractivity contribution in [3.63, 3.8) is 0 Å². The van der Waals surface area contributed by atoms with Gasteiger partial charge in [0.15, 0.2) is 0 Å². The number of nitrogens with zero attached hydrogens (tertiary/aromatic N) is 2. The highest BCUT2D eigenvalue weighted by molar-refractivity contribution is 9.09. The maximum atomic E-state index is 14.8. The Balaban J connectivity index is 1.76. The molecule has 2 N–H and O–H groups in total. The molecule has 4 rings (SSSR count). The molecule has 1 aromatic carbocycles. The second-order valence-electron chi connectivity index (χ2n) is 14.0. The van der Waals surface area contributed by atoms with E-state index >= 15 is 0 Å². The predicted molar refractivity (Wildman–Crippen MR) is 198 cm³/mol. The van der Waals surface area contributed by atoms with Gasteiger partial charge in [-0.15, -0.1) is 13.2 Å². The van der Waals surface area contributed by atoms with Crippen molar-refractivity contribution in [3.05, 3.63) is 61.2 Å². The summed E-state index contributed by atoms with van der Waals surface area (Å²) in [7, 11) is 1.51. The molecule has 282 valence electrons. The molecule has 3 aliphatic rings. The van der Waals surface area contributed by atoms with E-state index in [0.717, 1.165) is 19.3 Å². The third-order valence-corrected chi connectivity index (χ3v) is 11.6. The zero-order chi connectivity index (χ0) is 37.3. The summed E-state index contributed by atoms with van der Waals surface area (Å²) in [6.45, 7) is 14.1. The van der Waals surface area contributed by atoms with Gasteiger partial charge in [0.25, 0.3) is 0 Å². The zero-order valence-electron chi connectivity index (χ0n) is 30.5. The van der Waals surface area contributed by atoms with Gasteiger partial charge in [0.1, 0.15) is 17.7 Å². The number of carbonyl (C=O) groups is 4. The van der Waals surface area contributed by atoms with Gasteiger partial charge in [-0.3, -0.25) is 19.2 Å².